The van der Waals surface area contributed by atoms with Crippen LogP contribution >= 0.6 is 0 Å². The number of unbranched alkanes of at least 4 members (excludes halogenated alkanes) is 4. The topological polar surface area (TPSA) is 58.2 Å². The number of amides is 2. The molecule has 4 nitrogen and oxygen atoms in total. The molecule has 0 saturated heterocycles. The van der Waals surface area contributed by atoms with Crippen molar-refractivity contribution in [2.75, 3.05) is 0 Å². The van der Waals surface area contributed by atoms with Gasteiger partial charge in [-0.15, -0.1) is 0 Å². The molecule has 0 radical (unpaired) electrons. The predicted molar refractivity (Wildman–Crippen MR) is 81.3 cm³/mol. The van der Waals surface area contributed by atoms with E-state index in [4.69, 9.17) is 0 Å². The first-order valence-electron chi connectivity index (χ1n) is 7.78. The summed E-state index contributed by atoms with van der Waals surface area (Å²) in [7, 11) is 0. The van der Waals surface area contributed by atoms with E-state index >= 15 is 0 Å². The third-order valence-electron chi connectivity index (χ3n) is 3.49. The lowest BCUT2D eigenvalue weighted by molar-refractivity contribution is -0.120. The van der Waals surface area contributed by atoms with E-state index in [0.29, 0.717) is 12.8 Å². The molecule has 0 bridgehead atoms. The largest absolute Gasteiger partial charge is 0.345 e. The minimum atomic E-state index is -0.866. The summed E-state index contributed by atoms with van der Waals surface area (Å²) in [5.41, 5.74) is 0. The molecule has 0 spiro atoms. The number of allylic oxidation sites excluding steroid dienone is 2. The summed E-state index contributed by atoms with van der Waals surface area (Å²) in [5, 5.41) is 4.91. The van der Waals surface area contributed by atoms with Gasteiger partial charge in [-0.2, -0.15) is 0 Å². The van der Waals surface area contributed by atoms with Gasteiger partial charge < -0.3 is 10.6 Å². The molecular weight excluding hydrogens is 290 g/mol. The van der Waals surface area contributed by atoms with Crippen LogP contribution < -0.4 is 10.6 Å². The van der Waals surface area contributed by atoms with Crippen LogP contribution in [0, 0.1) is 0 Å². The zero-order valence-electron chi connectivity index (χ0n) is 13.1. The average molecular weight is 314 g/mol. The van der Waals surface area contributed by atoms with Crippen molar-refractivity contribution in [3.05, 3.63) is 23.8 Å². The summed E-state index contributed by atoms with van der Waals surface area (Å²) in [4.78, 5) is 22.8. The Kier molecular flexibility index (Phi) is 7.77. The Morgan fingerprint density at radius 2 is 1.64 bits per heavy atom. The Balaban J connectivity index is 2.26. The van der Waals surface area contributed by atoms with E-state index < -0.39 is 23.5 Å². The maximum absolute atomic E-state index is 13.6. The molecule has 2 amide bonds. The van der Waals surface area contributed by atoms with Crippen molar-refractivity contribution in [3.63, 3.8) is 0 Å². The fourth-order valence-electron chi connectivity index (χ4n) is 2.01. The molecule has 1 rings (SSSR count). The highest BCUT2D eigenvalue weighted by molar-refractivity contribution is 5.93. The molecule has 1 aliphatic rings. The lowest BCUT2D eigenvalue weighted by atomic mass is 10.1. The van der Waals surface area contributed by atoms with Crippen molar-refractivity contribution in [2.24, 2.45) is 0 Å². The first-order chi connectivity index (χ1) is 10.5. The molecule has 6 heteroatoms. The van der Waals surface area contributed by atoms with Gasteiger partial charge in [0.2, 0.25) is 0 Å². The summed E-state index contributed by atoms with van der Waals surface area (Å²) in [6, 6.07) is -0.667. The number of rotatable bonds is 9. The number of hydrogen-bond donors (Lipinski definition) is 2. The van der Waals surface area contributed by atoms with Crippen LogP contribution in [-0.2, 0) is 9.59 Å². The minimum absolute atomic E-state index is 0.333. The highest BCUT2D eigenvalue weighted by Gasteiger charge is 2.40. The summed E-state index contributed by atoms with van der Waals surface area (Å²) in [6.45, 7) is 3.51. The zero-order valence-corrected chi connectivity index (χ0v) is 13.1. The van der Waals surface area contributed by atoms with Crippen molar-refractivity contribution >= 4 is 11.8 Å². The van der Waals surface area contributed by atoms with Gasteiger partial charge in [0, 0.05) is 0 Å². The molecule has 0 aliphatic heterocycles. The van der Waals surface area contributed by atoms with Crippen molar-refractivity contribution < 1.29 is 18.4 Å². The lowest BCUT2D eigenvalue weighted by Gasteiger charge is -2.04. The van der Waals surface area contributed by atoms with Gasteiger partial charge in [0.1, 0.15) is 0 Å². The van der Waals surface area contributed by atoms with Crippen molar-refractivity contribution in [3.8, 4) is 0 Å². The Labute approximate surface area is 130 Å². The molecule has 1 aliphatic carbocycles. The van der Waals surface area contributed by atoms with Crippen LogP contribution in [0.2, 0.25) is 0 Å². The average Bonchev–Trinajstić information content (AvgIpc) is 3.23. The number of carbonyl (C=O) groups excluding carboxylic acids is 2. The molecular formula is C16H24F2N2O2. The highest BCUT2D eigenvalue weighted by atomic mass is 19.1. The fraction of sp³-hybridized carbons (Fsp3) is 0.625. The van der Waals surface area contributed by atoms with Gasteiger partial charge in [-0.05, 0) is 38.3 Å². The van der Waals surface area contributed by atoms with Crippen LogP contribution in [0.15, 0.2) is 23.8 Å². The van der Waals surface area contributed by atoms with E-state index in [9.17, 15) is 18.4 Å². The van der Waals surface area contributed by atoms with E-state index in [1.165, 1.54) is 13.0 Å². The van der Waals surface area contributed by atoms with Gasteiger partial charge in [0.05, 0.1) is 12.1 Å². The summed E-state index contributed by atoms with van der Waals surface area (Å²) >= 11 is 0. The SMILES string of the molecule is CC=C(F)C(=O)NC1CC1NC(=O)C(F)=CCCCCCC. The van der Waals surface area contributed by atoms with Crippen molar-refractivity contribution in [1.29, 1.82) is 0 Å². The molecule has 22 heavy (non-hydrogen) atoms. The van der Waals surface area contributed by atoms with E-state index in [2.05, 4.69) is 17.6 Å². The lowest BCUT2D eigenvalue weighted by Crippen LogP contribution is -2.35. The maximum Gasteiger partial charge on any atom is 0.279 e. The second-order valence-electron chi connectivity index (χ2n) is 5.43. The van der Waals surface area contributed by atoms with Gasteiger partial charge in [-0.25, -0.2) is 8.78 Å². The van der Waals surface area contributed by atoms with Gasteiger partial charge >= 0.3 is 0 Å². The molecule has 0 aromatic carbocycles. The van der Waals surface area contributed by atoms with Crippen LogP contribution in [-0.4, -0.2) is 23.9 Å². The molecule has 124 valence electrons. The molecule has 2 atom stereocenters. The normalized spacial score (nSPS) is 21.5. The van der Waals surface area contributed by atoms with Crippen LogP contribution in [0.5, 0.6) is 0 Å². The second-order valence-corrected chi connectivity index (χ2v) is 5.43. The Morgan fingerprint density at radius 1 is 1.05 bits per heavy atom. The summed E-state index contributed by atoms with van der Waals surface area (Å²) < 4.78 is 26.5. The van der Waals surface area contributed by atoms with Crippen LogP contribution in [0.25, 0.3) is 0 Å². The number of halogens is 2. The molecule has 2 unspecified atom stereocenters. The standard InChI is InChI=1S/C16H24F2N2O2/c1-3-5-6-7-8-9-12(18)16(22)20-14-10-13(14)19-15(21)11(17)4-2/h4,9,13-14H,3,5-8,10H2,1-2H3,(H,19,21)(H,20,22). The number of hydrogen-bond acceptors (Lipinski definition) is 2. The molecule has 0 heterocycles. The monoisotopic (exact) mass is 314 g/mol. The van der Waals surface area contributed by atoms with E-state index in [-0.39, 0.29) is 12.1 Å². The van der Waals surface area contributed by atoms with E-state index in [1.807, 2.05) is 0 Å². The van der Waals surface area contributed by atoms with Gasteiger partial charge in [0.25, 0.3) is 11.8 Å². The van der Waals surface area contributed by atoms with Crippen LogP contribution in [0.3, 0.4) is 0 Å². The van der Waals surface area contributed by atoms with E-state index in [1.54, 1.807) is 0 Å². The predicted octanol–water partition coefficient (Wildman–Crippen LogP) is 3.06. The number of carbonyl (C=O) groups is 2. The molecule has 0 aromatic heterocycles. The van der Waals surface area contributed by atoms with Gasteiger partial charge in [-0.1, -0.05) is 26.2 Å². The maximum atomic E-state index is 13.6. The number of nitrogens with one attached hydrogen (secondary N) is 2. The Morgan fingerprint density at radius 3 is 2.18 bits per heavy atom. The molecule has 0 aromatic rings. The van der Waals surface area contributed by atoms with Crippen molar-refractivity contribution in [1.82, 2.24) is 10.6 Å². The van der Waals surface area contributed by atoms with Crippen molar-refractivity contribution in [2.45, 2.75) is 64.5 Å². The fourth-order valence-corrected chi connectivity index (χ4v) is 2.01. The van der Waals surface area contributed by atoms with Gasteiger partial charge in [0.15, 0.2) is 11.7 Å². The third kappa shape index (κ3) is 6.37. The van der Waals surface area contributed by atoms with E-state index in [0.717, 1.165) is 31.8 Å². The molecule has 2 N–H and O–H groups in total. The van der Waals surface area contributed by atoms with Crippen LogP contribution in [0.4, 0.5) is 8.78 Å². The Bertz CT molecular complexity index is 461. The van der Waals surface area contributed by atoms with Crippen LogP contribution in [0.1, 0.15) is 52.4 Å². The third-order valence-corrected chi connectivity index (χ3v) is 3.49. The highest BCUT2D eigenvalue weighted by Crippen LogP contribution is 2.22. The smallest absolute Gasteiger partial charge is 0.279 e. The first-order valence-corrected chi connectivity index (χ1v) is 7.78. The van der Waals surface area contributed by atoms with Gasteiger partial charge in [-0.3, -0.25) is 9.59 Å². The first kappa shape index (κ1) is 18.3. The summed E-state index contributed by atoms with van der Waals surface area (Å²) in [6.07, 6.45) is 7.47. The quantitative estimate of drug-likeness (QED) is 0.507. The second kappa shape index (κ2) is 9.33. The zero-order chi connectivity index (χ0) is 16.5. The minimum Gasteiger partial charge on any atom is -0.345 e. The summed E-state index contributed by atoms with van der Waals surface area (Å²) in [5.74, 6) is -3.25. The molecule has 1 fully saturated rings. The molecule has 1 saturated carbocycles. The Hall–Kier alpha value is -1.72.